The zero-order valence-corrected chi connectivity index (χ0v) is 14.3. The Kier molecular flexibility index (Phi) is 4.88. The predicted octanol–water partition coefficient (Wildman–Crippen LogP) is 2.64. The van der Waals surface area contributed by atoms with E-state index in [1.807, 2.05) is 24.3 Å². The van der Waals surface area contributed by atoms with Crippen LogP contribution in [0.15, 0.2) is 34.8 Å². The number of aromatic nitrogens is 2. The van der Waals surface area contributed by atoms with Gasteiger partial charge in [0.1, 0.15) is 17.3 Å². The lowest BCUT2D eigenvalue weighted by atomic mass is 10.3. The highest BCUT2D eigenvalue weighted by molar-refractivity contribution is 9.10. The Labute approximate surface area is 143 Å². The standard InChI is InChI=1S/C16H17BrN4O2/c1-11-18-14(10-15(19-11)21-5-7-23-8-6-21)16(22)20-13-4-2-3-12(17)9-13/h2-4,9-10H,5-8H2,1H3,(H,20,22). The van der Waals surface area contributed by atoms with Crippen LogP contribution in [-0.4, -0.2) is 42.2 Å². The molecule has 1 aliphatic heterocycles. The second kappa shape index (κ2) is 7.06. The highest BCUT2D eigenvalue weighted by atomic mass is 79.9. The second-order valence-corrected chi connectivity index (χ2v) is 6.14. The number of nitrogens with zero attached hydrogens (tertiary/aromatic N) is 3. The van der Waals surface area contributed by atoms with Gasteiger partial charge in [-0.05, 0) is 25.1 Å². The van der Waals surface area contributed by atoms with E-state index in [2.05, 4.69) is 36.1 Å². The van der Waals surface area contributed by atoms with Crippen LogP contribution < -0.4 is 10.2 Å². The van der Waals surface area contributed by atoms with Gasteiger partial charge in [0.2, 0.25) is 0 Å². The third-order valence-corrected chi connectivity index (χ3v) is 3.97. The molecule has 6 nitrogen and oxygen atoms in total. The summed E-state index contributed by atoms with van der Waals surface area (Å²) in [5.41, 5.74) is 1.08. The summed E-state index contributed by atoms with van der Waals surface area (Å²) in [5, 5.41) is 2.85. The molecule has 1 aliphatic rings. The summed E-state index contributed by atoms with van der Waals surface area (Å²) in [5.74, 6) is 1.09. The third kappa shape index (κ3) is 4.05. The summed E-state index contributed by atoms with van der Waals surface area (Å²) in [6, 6.07) is 9.17. The smallest absolute Gasteiger partial charge is 0.274 e. The molecule has 0 spiro atoms. The molecule has 0 atom stereocenters. The molecule has 2 aromatic rings. The number of aryl methyl sites for hydroxylation is 1. The molecule has 7 heteroatoms. The van der Waals surface area contributed by atoms with Gasteiger partial charge >= 0.3 is 0 Å². The Morgan fingerprint density at radius 3 is 2.78 bits per heavy atom. The Bertz CT molecular complexity index is 717. The van der Waals surface area contributed by atoms with Crippen LogP contribution in [0.1, 0.15) is 16.3 Å². The van der Waals surface area contributed by atoms with Crippen molar-refractivity contribution in [2.45, 2.75) is 6.92 Å². The number of benzene rings is 1. The number of carbonyl (C=O) groups excluding carboxylic acids is 1. The van der Waals surface area contributed by atoms with Crippen molar-refractivity contribution < 1.29 is 9.53 Å². The SMILES string of the molecule is Cc1nc(C(=O)Nc2cccc(Br)c2)cc(N2CCOCC2)n1. The van der Waals surface area contributed by atoms with E-state index in [4.69, 9.17) is 4.74 Å². The monoisotopic (exact) mass is 376 g/mol. The van der Waals surface area contributed by atoms with Crippen LogP contribution in [0.2, 0.25) is 0 Å². The molecule has 1 aromatic heterocycles. The number of hydrogen-bond donors (Lipinski definition) is 1. The minimum Gasteiger partial charge on any atom is -0.378 e. The lowest BCUT2D eigenvalue weighted by Gasteiger charge is -2.28. The Hall–Kier alpha value is -1.99. The van der Waals surface area contributed by atoms with Gasteiger partial charge in [0.05, 0.1) is 13.2 Å². The number of carbonyl (C=O) groups is 1. The van der Waals surface area contributed by atoms with E-state index in [9.17, 15) is 4.79 Å². The number of morpholine rings is 1. The molecule has 23 heavy (non-hydrogen) atoms. The Balaban J connectivity index is 1.81. The average Bonchev–Trinajstić information content (AvgIpc) is 2.55. The first-order valence-corrected chi connectivity index (χ1v) is 8.16. The lowest BCUT2D eigenvalue weighted by molar-refractivity contribution is 0.102. The van der Waals surface area contributed by atoms with Crippen LogP contribution in [0.25, 0.3) is 0 Å². The first-order valence-electron chi connectivity index (χ1n) is 7.37. The van der Waals surface area contributed by atoms with E-state index in [-0.39, 0.29) is 5.91 Å². The van der Waals surface area contributed by atoms with Crippen molar-refractivity contribution in [2.24, 2.45) is 0 Å². The molecule has 0 radical (unpaired) electrons. The molecule has 0 bridgehead atoms. The molecule has 2 heterocycles. The van der Waals surface area contributed by atoms with Gasteiger partial charge in [-0.25, -0.2) is 9.97 Å². The highest BCUT2D eigenvalue weighted by Crippen LogP contribution is 2.18. The van der Waals surface area contributed by atoms with Crippen molar-refractivity contribution >= 4 is 33.3 Å². The minimum atomic E-state index is -0.247. The van der Waals surface area contributed by atoms with Crippen molar-refractivity contribution in [1.29, 1.82) is 0 Å². The van der Waals surface area contributed by atoms with E-state index >= 15 is 0 Å². The van der Waals surface area contributed by atoms with Gasteiger partial charge in [-0.15, -0.1) is 0 Å². The molecular weight excluding hydrogens is 360 g/mol. The summed E-state index contributed by atoms with van der Waals surface area (Å²) in [6.45, 7) is 4.66. The van der Waals surface area contributed by atoms with Gasteiger partial charge in [-0.3, -0.25) is 4.79 Å². The van der Waals surface area contributed by atoms with Gasteiger partial charge in [0.15, 0.2) is 0 Å². The number of nitrogens with one attached hydrogen (secondary N) is 1. The van der Waals surface area contributed by atoms with Gasteiger partial charge in [0, 0.05) is 29.3 Å². The summed E-state index contributed by atoms with van der Waals surface area (Å²) in [4.78, 5) is 23.2. The number of halogens is 1. The number of amides is 1. The third-order valence-electron chi connectivity index (χ3n) is 3.47. The fourth-order valence-electron chi connectivity index (χ4n) is 2.38. The van der Waals surface area contributed by atoms with E-state index < -0.39 is 0 Å². The zero-order chi connectivity index (χ0) is 16.2. The Morgan fingerprint density at radius 1 is 1.26 bits per heavy atom. The fourth-order valence-corrected chi connectivity index (χ4v) is 2.78. The zero-order valence-electron chi connectivity index (χ0n) is 12.8. The Morgan fingerprint density at radius 2 is 2.04 bits per heavy atom. The van der Waals surface area contributed by atoms with Crippen LogP contribution in [0.3, 0.4) is 0 Å². The van der Waals surface area contributed by atoms with E-state index in [0.29, 0.717) is 30.4 Å². The van der Waals surface area contributed by atoms with Gasteiger partial charge in [-0.1, -0.05) is 22.0 Å². The van der Waals surface area contributed by atoms with Crippen LogP contribution >= 0.6 is 15.9 Å². The molecule has 1 N–H and O–H groups in total. The van der Waals surface area contributed by atoms with E-state index in [1.54, 1.807) is 13.0 Å². The van der Waals surface area contributed by atoms with Crippen molar-refractivity contribution in [3.8, 4) is 0 Å². The van der Waals surface area contributed by atoms with Crippen molar-refractivity contribution in [2.75, 3.05) is 36.5 Å². The molecular formula is C16H17BrN4O2. The summed E-state index contributed by atoms with van der Waals surface area (Å²) in [6.07, 6.45) is 0. The first-order chi connectivity index (χ1) is 11.1. The largest absolute Gasteiger partial charge is 0.378 e. The molecule has 120 valence electrons. The van der Waals surface area contributed by atoms with E-state index in [1.165, 1.54) is 0 Å². The topological polar surface area (TPSA) is 67.4 Å². The maximum Gasteiger partial charge on any atom is 0.274 e. The average molecular weight is 377 g/mol. The molecule has 3 rings (SSSR count). The van der Waals surface area contributed by atoms with Gasteiger partial charge in [-0.2, -0.15) is 0 Å². The molecule has 1 fully saturated rings. The van der Waals surface area contributed by atoms with E-state index in [0.717, 1.165) is 23.4 Å². The quantitative estimate of drug-likeness (QED) is 0.891. The summed E-state index contributed by atoms with van der Waals surface area (Å²) in [7, 11) is 0. The molecule has 0 aliphatic carbocycles. The highest BCUT2D eigenvalue weighted by Gasteiger charge is 2.17. The first kappa shape index (κ1) is 15.9. The number of anilines is 2. The summed E-state index contributed by atoms with van der Waals surface area (Å²) >= 11 is 3.39. The molecule has 0 unspecified atom stereocenters. The molecule has 1 aromatic carbocycles. The van der Waals surface area contributed by atoms with Crippen LogP contribution in [0.5, 0.6) is 0 Å². The number of hydrogen-bond acceptors (Lipinski definition) is 5. The number of ether oxygens (including phenoxy) is 1. The minimum absolute atomic E-state index is 0.247. The molecule has 0 saturated carbocycles. The summed E-state index contributed by atoms with van der Waals surface area (Å²) < 4.78 is 6.26. The maximum atomic E-state index is 12.5. The second-order valence-electron chi connectivity index (χ2n) is 5.22. The van der Waals surface area contributed by atoms with Crippen LogP contribution in [0, 0.1) is 6.92 Å². The number of rotatable bonds is 3. The van der Waals surface area contributed by atoms with Crippen LogP contribution in [0.4, 0.5) is 11.5 Å². The van der Waals surface area contributed by atoms with Gasteiger partial charge in [0.25, 0.3) is 5.91 Å². The lowest BCUT2D eigenvalue weighted by Crippen LogP contribution is -2.37. The normalized spacial score (nSPS) is 14.6. The van der Waals surface area contributed by atoms with Crippen LogP contribution in [-0.2, 0) is 4.74 Å². The molecule has 1 saturated heterocycles. The maximum absolute atomic E-state index is 12.5. The predicted molar refractivity (Wildman–Crippen MR) is 91.9 cm³/mol. The van der Waals surface area contributed by atoms with Crippen molar-refractivity contribution in [3.05, 3.63) is 46.3 Å². The molecule has 1 amide bonds. The van der Waals surface area contributed by atoms with Crippen molar-refractivity contribution in [3.63, 3.8) is 0 Å². The van der Waals surface area contributed by atoms with Crippen molar-refractivity contribution in [1.82, 2.24) is 9.97 Å². The fraction of sp³-hybridized carbons (Fsp3) is 0.312. The van der Waals surface area contributed by atoms with Gasteiger partial charge < -0.3 is 15.0 Å².